The molecule has 0 spiro atoms. The summed E-state index contributed by atoms with van der Waals surface area (Å²) in [5.41, 5.74) is 0.0404. The standard InChI is InChI=1S/C20H19F3N4O2/c1-3-29-15-9-7-13(8-10-15)26-19-24-12-17(20(21,22)23)18(27-19)25-14-5-4-6-16(11-14)28-2/h4-12H,3H2,1-2H3,(H2,24,25,26,27). The molecule has 152 valence electrons. The van der Waals surface area contributed by atoms with E-state index in [0.29, 0.717) is 29.5 Å². The Kier molecular flexibility index (Phi) is 6.06. The Labute approximate surface area is 165 Å². The van der Waals surface area contributed by atoms with Gasteiger partial charge in [0.05, 0.1) is 13.7 Å². The van der Waals surface area contributed by atoms with Gasteiger partial charge in [0.15, 0.2) is 0 Å². The second-order valence-corrected chi connectivity index (χ2v) is 5.89. The van der Waals surface area contributed by atoms with Gasteiger partial charge in [-0.2, -0.15) is 18.2 Å². The number of rotatable bonds is 7. The van der Waals surface area contributed by atoms with Crippen LogP contribution in [0.5, 0.6) is 11.5 Å². The summed E-state index contributed by atoms with van der Waals surface area (Å²) in [6.07, 6.45) is -3.87. The van der Waals surface area contributed by atoms with Gasteiger partial charge in [0.2, 0.25) is 5.95 Å². The maximum absolute atomic E-state index is 13.4. The average molecular weight is 404 g/mol. The first-order chi connectivity index (χ1) is 13.9. The number of hydrogen-bond acceptors (Lipinski definition) is 6. The van der Waals surface area contributed by atoms with Gasteiger partial charge in [-0.15, -0.1) is 0 Å². The number of ether oxygens (including phenoxy) is 2. The second kappa shape index (κ2) is 8.68. The van der Waals surface area contributed by atoms with Crippen LogP contribution in [-0.4, -0.2) is 23.7 Å². The number of methoxy groups -OCH3 is 1. The maximum Gasteiger partial charge on any atom is 0.421 e. The third kappa shape index (κ3) is 5.28. The lowest BCUT2D eigenvalue weighted by molar-refractivity contribution is -0.137. The fraction of sp³-hybridized carbons (Fsp3) is 0.200. The highest BCUT2D eigenvalue weighted by atomic mass is 19.4. The Bertz CT molecular complexity index is 963. The lowest BCUT2D eigenvalue weighted by Gasteiger charge is -2.15. The molecule has 3 aromatic rings. The Hall–Kier alpha value is -3.49. The van der Waals surface area contributed by atoms with Crippen molar-refractivity contribution in [1.29, 1.82) is 0 Å². The predicted molar refractivity (Wildman–Crippen MR) is 104 cm³/mol. The zero-order valence-corrected chi connectivity index (χ0v) is 15.7. The summed E-state index contributed by atoms with van der Waals surface area (Å²) >= 11 is 0. The van der Waals surface area contributed by atoms with Crippen molar-refractivity contribution in [2.24, 2.45) is 0 Å². The molecule has 1 heterocycles. The van der Waals surface area contributed by atoms with E-state index in [1.165, 1.54) is 7.11 Å². The van der Waals surface area contributed by atoms with Crippen LogP contribution in [0.25, 0.3) is 0 Å². The van der Waals surface area contributed by atoms with Crippen LogP contribution in [0.15, 0.2) is 54.7 Å². The molecule has 9 heteroatoms. The number of alkyl halides is 3. The van der Waals surface area contributed by atoms with Gasteiger partial charge >= 0.3 is 6.18 Å². The molecule has 0 saturated heterocycles. The number of anilines is 4. The molecule has 0 aliphatic carbocycles. The van der Waals surface area contributed by atoms with Crippen molar-refractivity contribution in [3.8, 4) is 11.5 Å². The highest BCUT2D eigenvalue weighted by Crippen LogP contribution is 2.35. The fourth-order valence-electron chi connectivity index (χ4n) is 2.51. The summed E-state index contributed by atoms with van der Waals surface area (Å²) in [4.78, 5) is 7.82. The van der Waals surface area contributed by atoms with Crippen LogP contribution in [-0.2, 0) is 6.18 Å². The molecule has 0 saturated carbocycles. The largest absolute Gasteiger partial charge is 0.497 e. The predicted octanol–water partition coefficient (Wildman–Crippen LogP) is 5.39. The van der Waals surface area contributed by atoms with E-state index >= 15 is 0 Å². The molecule has 0 bridgehead atoms. The van der Waals surface area contributed by atoms with Crippen molar-refractivity contribution in [1.82, 2.24) is 9.97 Å². The number of nitrogens with one attached hydrogen (secondary N) is 2. The lowest BCUT2D eigenvalue weighted by atomic mass is 10.2. The number of halogens is 3. The quantitative estimate of drug-likeness (QED) is 0.550. The van der Waals surface area contributed by atoms with E-state index in [2.05, 4.69) is 20.6 Å². The third-order valence-corrected chi connectivity index (χ3v) is 3.85. The van der Waals surface area contributed by atoms with Crippen molar-refractivity contribution in [2.45, 2.75) is 13.1 Å². The molecule has 2 aromatic carbocycles. The van der Waals surface area contributed by atoms with E-state index in [1.54, 1.807) is 48.5 Å². The summed E-state index contributed by atoms with van der Waals surface area (Å²) in [7, 11) is 1.48. The van der Waals surface area contributed by atoms with Gasteiger partial charge in [-0.3, -0.25) is 0 Å². The minimum absolute atomic E-state index is 0.0209. The van der Waals surface area contributed by atoms with Crippen molar-refractivity contribution < 1.29 is 22.6 Å². The molecule has 0 radical (unpaired) electrons. The number of aromatic nitrogens is 2. The van der Waals surface area contributed by atoms with Gasteiger partial charge < -0.3 is 20.1 Å². The Balaban J connectivity index is 1.88. The molecule has 29 heavy (non-hydrogen) atoms. The van der Waals surface area contributed by atoms with E-state index in [9.17, 15) is 13.2 Å². The second-order valence-electron chi connectivity index (χ2n) is 5.89. The number of nitrogens with zero attached hydrogens (tertiary/aromatic N) is 2. The summed E-state index contributed by atoms with van der Waals surface area (Å²) in [6, 6.07) is 13.5. The lowest BCUT2D eigenvalue weighted by Crippen LogP contribution is -2.12. The summed E-state index contributed by atoms with van der Waals surface area (Å²) in [6.45, 7) is 2.41. The highest BCUT2D eigenvalue weighted by Gasteiger charge is 2.35. The van der Waals surface area contributed by atoms with E-state index < -0.39 is 11.7 Å². The Morgan fingerprint density at radius 3 is 2.38 bits per heavy atom. The molecule has 6 nitrogen and oxygen atoms in total. The minimum atomic E-state index is -4.61. The van der Waals surface area contributed by atoms with Crippen LogP contribution in [0.1, 0.15) is 12.5 Å². The Morgan fingerprint density at radius 1 is 0.966 bits per heavy atom. The summed E-state index contributed by atoms with van der Waals surface area (Å²) in [5.74, 6) is 0.846. The van der Waals surface area contributed by atoms with Gasteiger partial charge in [0, 0.05) is 23.6 Å². The molecule has 0 aliphatic rings. The monoisotopic (exact) mass is 404 g/mol. The number of benzene rings is 2. The van der Waals surface area contributed by atoms with Crippen molar-refractivity contribution in [3.05, 3.63) is 60.3 Å². The van der Waals surface area contributed by atoms with Gasteiger partial charge in [-0.05, 0) is 43.3 Å². The molecule has 0 unspecified atom stereocenters. The SMILES string of the molecule is CCOc1ccc(Nc2ncc(C(F)(F)F)c(Nc3cccc(OC)c3)n2)cc1. The molecular formula is C20H19F3N4O2. The topological polar surface area (TPSA) is 68.3 Å². The Morgan fingerprint density at radius 2 is 1.72 bits per heavy atom. The molecule has 3 rings (SSSR count). The van der Waals surface area contributed by atoms with Crippen LogP contribution >= 0.6 is 0 Å². The van der Waals surface area contributed by atoms with Gasteiger partial charge in [0.25, 0.3) is 0 Å². The van der Waals surface area contributed by atoms with Crippen LogP contribution in [0.4, 0.5) is 36.3 Å². The summed E-state index contributed by atoms with van der Waals surface area (Å²) < 4.78 is 50.6. The zero-order chi connectivity index (χ0) is 20.9. The first kappa shape index (κ1) is 20.2. The molecule has 2 N–H and O–H groups in total. The molecule has 1 aromatic heterocycles. The van der Waals surface area contributed by atoms with Crippen molar-refractivity contribution in [3.63, 3.8) is 0 Å². The first-order valence-electron chi connectivity index (χ1n) is 8.74. The van der Waals surface area contributed by atoms with Crippen LogP contribution in [0.2, 0.25) is 0 Å². The molecule has 0 atom stereocenters. The zero-order valence-electron chi connectivity index (χ0n) is 15.7. The average Bonchev–Trinajstić information content (AvgIpc) is 2.69. The molecule has 0 aliphatic heterocycles. The van der Waals surface area contributed by atoms with Crippen molar-refractivity contribution in [2.75, 3.05) is 24.4 Å². The minimum Gasteiger partial charge on any atom is -0.497 e. The fourth-order valence-corrected chi connectivity index (χ4v) is 2.51. The van der Waals surface area contributed by atoms with Crippen LogP contribution in [0.3, 0.4) is 0 Å². The van der Waals surface area contributed by atoms with Gasteiger partial charge in [-0.1, -0.05) is 6.07 Å². The molecular weight excluding hydrogens is 385 g/mol. The van der Waals surface area contributed by atoms with Crippen molar-refractivity contribution >= 4 is 23.1 Å². The van der Waals surface area contributed by atoms with E-state index in [-0.39, 0.29) is 11.8 Å². The van der Waals surface area contributed by atoms with Crippen LogP contribution < -0.4 is 20.1 Å². The normalized spacial score (nSPS) is 11.1. The van der Waals surface area contributed by atoms with Gasteiger partial charge in [-0.25, -0.2) is 4.98 Å². The molecule has 0 fully saturated rings. The third-order valence-electron chi connectivity index (χ3n) is 3.85. The van der Waals surface area contributed by atoms with Gasteiger partial charge in [0.1, 0.15) is 22.9 Å². The van der Waals surface area contributed by atoms with E-state index in [4.69, 9.17) is 9.47 Å². The summed E-state index contributed by atoms with van der Waals surface area (Å²) in [5, 5.41) is 5.59. The maximum atomic E-state index is 13.4. The molecule has 0 amide bonds. The highest BCUT2D eigenvalue weighted by molar-refractivity contribution is 5.64. The number of hydrogen-bond donors (Lipinski definition) is 2. The van der Waals surface area contributed by atoms with Crippen LogP contribution in [0, 0.1) is 0 Å². The van der Waals surface area contributed by atoms with E-state index in [0.717, 1.165) is 6.20 Å². The van der Waals surface area contributed by atoms with E-state index in [1.807, 2.05) is 6.92 Å². The smallest absolute Gasteiger partial charge is 0.421 e. The first-order valence-corrected chi connectivity index (χ1v) is 8.74.